The molecule has 4 aromatic rings. The highest BCUT2D eigenvalue weighted by molar-refractivity contribution is 6.33. The van der Waals surface area contributed by atoms with Gasteiger partial charge in [-0.05, 0) is 0 Å². The van der Waals surface area contributed by atoms with E-state index in [1.807, 2.05) is 30.3 Å². The zero-order valence-electron chi connectivity index (χ0n) is 13.4. The predicted octanol–water partition coefficient (Wildman–Crippen LogP) is 4.40. The predicted molar refractivity (Wildman–Crippen MR) is 93.1 cm³/mol. The minimum Gasteiger partial charge on any atom is -0.496 e. The van der Waals surface area contributed by atoms with E-state index in [0.717, 1.165) is 12.1 Å². The first-order valence-corrected chi connectivity index (χ1v) is 7.96. The van der Waals surface area contributed by atoms with Crippen molar-refractivity contribution in [3.63, 3.8) is 0 Å². The van der Waals surface area contributed by atoms with Crippen LogP contribution in [0.2, 0.25) is 5.15 Å². The Bertz CT molecular complexity index is 1120. The fourth-order valence-corrected chi connectivity index (χ4v) is 3.11. The average molecular weight is 373 g/mol. The molecule has 0 saturated heterocycles. The maximum atomic E-state index is 14.7. The van der Waals surface area contributed by atoms with Crippen LogP contribution >= 0.6 is 11.6 Å². The van der Waals surface area contributed by atoms with Gasteiger partial charge in [0.15, 0.2) is 0 Å². The summed E-state index contributed by atoms with van der Waals surface area (Å²) in [5.74, 6) is -1.31. The van der Waals surface area contributed by atoms with Crippen molar-refractivity contribution in [2.75, 3.05) is 7.11 Å². The molecule has 0 unspecified atom stereocenters. The molecule has 0 radical (unpaired) electrons. The first-order chi connectivity index (χ1) is 12.6. The monoisotopic (exact) mass is 372 g/mol. The average Bonchev–Trinajstić information content (AvgIpc) is 3.09. The summed E-state index contributed by atoms with van der Waals surface area (Å²) >= 11 is 6.38. The van der Waals surface area contributed by atoms with Gasteiger partial charge in [-0.1, -0.05) is 41.9 Å². The van der Waals surface area contributed by atoms with Crippen molar-refractivity contribution in [2.45, 2.75) is 0 Å². The fraction of sp³-hybridized carbons (Fsp3) is 0.0556. The number of aromatic nitrogens is 4. The minimum atomic E-state index is -0.817. The minimum absolute atomic E-state index is 0.00246. The quantitative estimate of drug-likeness (QED) is 0.500. The lowest BCUT2D eigenvalue weighted by Crippen LogP contribution is -2.04. The van der Waals surface area contributed by atoms with Crippen LogP contribution in [0.15, 0.2) is 48.8 Å². The van der Waals surface area contributed by atoms with Gasteiger partial charge in [0.05, 0.1) is 23.9 Å². The highest BCUT2D eigenvalue weighted by atomic mass is 35.5. The molecule has 0 saturated carbocycles. The highest BCUT2D eigenvalue weighted by Gasteiger charge is 2.25. The number of rotatable bonds is 3. The van der Waals surface area contributed by atoms with E-state index >= 15 is 0 Å². The lowest BCUT2D eigenvalue weighted by molar-refractivity contribution is 0.409. The maximum absolute atomic E-state index is 14.7. The first-order valence-electron chi connectivity index (χ1n) is 7.58. The third-order valence-corrected chi connectivity index (χ3v) is 4.19. The SMILES string of the molecule is COc1cc(F)cc(F)c1-c1c(Cl)nc2ncnn2c1-c1ccccc1. The van der Waals surface area contributed by atoms with E-state index in [-0.39, 0.29) is 27.8 Å². The summed E-state index contributed by atoms with van der Waals surface area (Å²) in [5, 5.41) is 4.18. The number of hydrogen-bond donors (Lipinski definition) is 0. The molecule has 0 aliphatic carbocycles. The number of methoxy groups -OCH3 is 1. The Morgan fingerprint density at radius 3 is 2.58 bits per heavy atom. The molecule has 0 aliphatic rings. The van der Waals surface area contributed by atoms with Crippen molar-refractivity contribution in [2.24, 2.45) is 0 Å². The number of fused-ring (bicyclic) bond motifs is 1. The third kappa shape index (κ3) is 2.57. The molecular formula is C18H11ClF2N4O. The van der Waals surface area contributed by atoms with Crippen molar-refractivity contribution < 1.29 is 13.5 Å². The molecule has 130 valence electrons. The van der Waals surface area contributed by atoms with Gasteiger partial charge < -0.3 is 4.74 Å². The number of halogens is 3. The Balaban J connectivity index is 2.17. The summed E-state index contributed by atoms with van der Waals surface area (Å²) in [6.07, 6.45) is 1.33. The molecule has 8 heteroatoms. The molecule has 2 aromatic carbocycles. The van der Waals surface area contributed by atoms with Gasteiger partial charge in [0, 0.05) is 17.7 Å². The zero-order chi connectivity index (χ0) is 18.3. The van der Waals surface area contributed by atoms with E-state index in [1.54, 1.807) is 0 Å². The number of hydrogen-bond acceptors (Lipinski definition) is 4. The summed E-state index contributed by atoms with van der Waals surface area (Å²) in [5.41, 5.74) is 1.43. The second kappa shape index (κ2) is 6.34. The topological polar surface area (TPSA) is 52.3 Å². The molecule has 4 rings (SSSR count). The van der Waals surface area contributed by atoms with E-state index in [4.69, 9.17) is 16.3 Å². The van der Waals surface area contributed by atoms with Crippen LogP contribution in [0.25, 0.3) is 28.2 Å². The van der Waals surface area contributed by atoms with E-state index < -0.39 is 11.6 Å². The van der Waals surface area contributed by atoms with Crippen molar-refractivity contribution in [3.05, 3.63) is 65.6 Å². The Labute approximate surface area is 151 Å². The Kier molecular flexibility index (Phi) is 4.00. The normalized spacial score (nSPS) is 11.1. The van der Waals surface area contributed by atoms with Crippen molar-refractivity contribution in [1.82, 2.24) is 19.6 Å². The molecule has 0 spiro atoms. The lowest BCUT2D eigenvalue weighted by Gasteiger charge is -2.16. The fourth-order valence-electron chi connectivity index (χ4n) is 2.85. The summed E-state index contributed by atoms with van der Waals surface area (Å²) in [7, 11) is 1.33. The summed E-state index contributed by atoms with van der Waals surface area (Å²) in [6.45, 7) is 0. The Morgan fingerprint density at radius 2 is 1.85 bits per heavy atom. The van der Waals surface area contributed by atoms with Crippen LogP contribution in [0.4, 0.5) is 8.78 Å². The van der Waals surface area contributed by atoms with E-state index in [1.165, 1.54) is 18.0 Å². The lowest BCUT2D eigenvalue weighted by atomic mass is 9.99. The highest BCUT2D eigenvalue weighted by Crippen LogP contribution is 2.42. The van der Waals surface area contributed by atoms with Crippen LogP contribution in [0.3, 0.4) is 0 Å². The van der Waals surface area contributed by atoms with E-state index in [2.05, 4.69) is 15.1 Å². The summed E-state index contributed by atoms with van der Waals surface area (Å²) < 4.78 is 35.0. The van der Waals surface area contributed by atoms with Crippen molar-refractivity contribution >= 4 is 17.4 Å². The number of benzene rings is 2. The smallest absolute Gasteiger partial charge is 0.254 e. The molecule has 0 atom stereocenters. The number of nitrogens with zero attached hydrogens (tertiary/aromatic N) is 4. The van der Waals surface area contributed by atoms with Crippen LogP contribution in [0, 0.1) is 11.6 Å². The van der Waals surface area contributed by atoms with Crippen LogP contribution in [0.5, 0.6) is 5.75 Å². The zero-order valence-corrected chi connectivity index (χ0v) is 14.2. The standard InChI is InChI=1S/C18H11ClF2N4O/c1-26-13-8-11(20)7-12(21)14(13)15-16(10-5-3-2-4-6-10)25-18(22-9-23-25)24-17(15)19/h2-9H,1H3. The maximum Gasteiger partial charge on any atom is 0.254 e. The molecule has 2 heterocycles. The molecule has 0 N–H and O–H groups in total. The van der Waals surface area contributed by atoms with Crippen molar-refractivity contribution in [1.29, 1.82) is 0 Å². The molecule has 0 amide bonds. The van der Waals surface area contributed by atoms with Gasteiger partial charge in [0.1, 0.15) is 28.9 Å². The van der Waals surface area contributed by atoms with Gasteiger partial charge in [0.2, 0.25) is 0 Å². The molecule has 0 aliphatic heterocycles. The first kappa shape index (κ1) is 16.4. The Hall–Kier alpha value is -3.06. The van der Waals surface area contributed by atoms with Gasteiger partial charge in [-0.15, -0.1) is 0 Å². The molecule has 2 aromatic heterocycles. The van der Waals surface area contributed by atoms with Gasteiger partial charge in [-0.2, -0.15) is 19.6 Å². The molecule has 26 heavy (non-hydrogen) atoms. The van der Waals surface area contributed by atoms with Gasteiger partial charge in [0.25, 0.3) is 5.78 Å². The molecule has 0 bridgehead atoms. The van der Waals surface area contributed by atoms with Crippen LogP contribution in [-0.4, -0.2) is 26.7 Å². The second-order valence-corrected chi connectivity index (χ2v) is 5.79. The van der Waals surface area contributed by atoms with E-state index in [9.17, 15) is 8.78 Å². The summed E-state index contributed by atoms with van der Waals surface area (Å²) in [6, 6.07) is 11.0. The van der Waals surface area contributed by atoms with Crippen LogP contribution in [-0.2, 0) is 0 Å². The van der Waals surface area contributed by atoms with Gasteiger partial charge >= 0.3 is 0 Å². The van der Waals surface area contributed by atoms with Crippen molar-refractivity contribution in [3.8, 4) is 28.1 Å². The van der Waals surface area contributed by atoms with Crippen LogP contribution < -0.4 is 4.74 Å². The van der Waals surface area contributed by atoms with Gasteiger partial charge in [-0.25, -0.2) is 8.78 Å². The molecule has 0 fully saturated rings. The van der Waals surface area contributed by atoms with Crippen LogP contribution in [0.1, 0.15) is 0 Å². The number of ether oxygens (including phenoxy) is 1. The van der Waals surface area contributed by atoms with Gasteiger partial charge in [-0.3, -0.25) is 0 Å². The second-order valence-electron chi connectivity index (χ2n) is 5.43. The largest absolute Gasteiger partial charge is 0.496 e. The molecular weight excluding hydrogens is 362 g/mol. The Morgan fingerprint density at radius 1 is 1.08 bits per heavy atom. The van der Waals surface area contributed by atoms with E-state index in [0.29, 0.717) is 11.3 Å². The molecule has 5 nitrogen and oxygen atoms in total. The third-order valence-electron chi connectivity index (χ3n) is 3.92. The summed E-state index contributed by atoms with van der Waals surface area (Å²) in [4.78, 5) is 8.23.